The second-order valence-corrected chi connectivity index (χ2v) is 5.10. The van der Waals surface area contributed by atoms with Gasteiger partial charge in [-0.05, 0) is 31.2 Å². The molecule has 2 nitrogen and oxygen atoms in total. The maximum atomic E-state index is 14.1. The first-order valence-corrected chi connectivity index (χ1v) is 6.80. The average molecular weight is 280 g/mol. The summed E-state index contributed by atoms with van der Waals surface area (Å²) in [7, 11) is 1.67. The predicted molar refractivity (Wildman–Crippen MR) is 72.4 cm³/mol. The van der Waals surface area contributed by atoms with Crippen LogP contribution in [0.2, 0.25) is 0 Å². The molecule has 1 aliphatic rings. The van der Waals surface area contributed by atoms with E-state index in [1.165, 1.54) is 0 Å². The Labute approximate surface area is 115 Å². The van der Waals surface area contributed by atoms with Crippen LogP contribution < -0.4 is 5.32 Å². The van der Waals surface area contributed by atoms with Crippen molar-refractivity contribution >= 4 is 16.6 Å². The monoisotopic (exact) mass is 280 g/mol. The van der Waals surface area contributed by atoms with Gasteiger partial charge < -0.3 is 5.32 Å². The molecule has 20 heavy (non-hydrogen) atoms. The molecule has 1 aromatic carbocycles. The SMILES string of the molecule is CNc1c2c(nc3cc(F)c(F)c(F)c13)CCCCC2. The third kappa shape index (κ3) is 1.92. The first-order chi connectivity index (χ1) is 9.63. The van der Waals surface area contributed by atoms with Gasteiger partial charge in [-0.2, -0.15) is 0 Å². The molecule has 0 atom stereocenters. The zero-order valence-electron chi connectivity index (χ0n) is 11.2. The van der Waals surface area contributed by atoms with Gasteiger partial charge in [-0.15, -0.1) is 0 Å². The van der Waals surface area contributed by atoms with E-state index in [1.807, 2.05) is 0 Å². The molecule has 0 fully saturated rings. The molecular weight excluding hydrogens is 265 g/mol. The first-order valence-electron chi connectivity index (χ1n) is 6.80. The van der Waals surface area contributed by atoms with E-state index >= 15 is 0 Å². The van der Waals surface area contributed by atoms with Crippen LogP contribution in [0, 0.1) is 17.5 Å². The van der Waals surface area contributed by atoms with Crippen molar-refractivity contribution in [2.45, 2.75) is 32.1 Å². The Balaban J connectivity index is 2.40. The minimum absolute atomic E-state index is 0.0482. The molecule has 0 bridgehead atoms. The summed E-state index contributed by atoms with van der Waals surface area (Å²) in [6, 6.07) is 0.972. The lowest BCUT2D eigenvalue weighted by molar-refractivity contribution is 0.453. The molecule has 0 saturated carbocycles. The number of hydrogen-bond donors (Lipinski definition) is 1. The van der Waals surface area contributed by atoms with Crippen molar-refractivity contribution in [3.63, 3.8) is 0 Å². The smallest absolute Gasteiger partial charge is 0.195 e. The Morgan fingerprint density at radius 1 is 1.05 bits per heavy atom. The van der Waals surface area contributed by atoms with E-state index in [9.17, 15) is 13.2 Å². The molecule has 3 rings (SSSR count). The fourth-order valence-corrected chi connectivity index (χ4v) is 2.94. The minimum Gasteiger partial charge on any atom is -0.387 e. The van der Waals surface area contributed by atoms with Gasteiger partial charge in [-0.3, -0.25) is 4.98 Å². The number of hydrogen-bond acceptors (Lipinski definition) is 2. The van der Waals surface area contributed by atoms with E-state index in [4.69, 9.17) is 0 Å². The van der Waals surface area contributed by atoms with Gasteiger partial charge in [-0.1, -0.05) is 6.42 Å². The van der Waals surface area contributed by atoms with E-state index in [0.29, 0.717) is 5.69 Å². The van der Waals surface area contributed by atoms with E-state index < -0.39 is 17.5 Å². The van der Waals surface area contributed by atoms with Crippen LogP contribution in [0.15, 0.2) is 6.07 Å². The summed E-state index contributed by atoms with van der Waals surface area (Å²) in [5.41, 5.74) is 2.52. The Bertz CT molecular complexity index is 683. The molecule has 1 aliphatic carbocycles. The van der Waals surface area contributed by atoms with Crippen molar-refractivity contribution < 1.29 is 13.2 Å². The highest BCUT2D eigenvalue weighted by atomic mass is 19.2. The van der Waals surface area contributed by atoms with Crippen molar-refractivity contribution in [1.82, 2.24) is 4.98 Å². The van der Waals surface area contributed by atoms with Crippen molar-refractivity contribution in [3.8, 4) is 0 Å². The number of rotatable bonds is 1. The van der Waals surface area contributed by atoms with Crippen LogP contribution in [0.4, 0.5) is 18.9 Å². The Morgan fingerprint density at radius 2 is 1.80 bits per heavy atom. The van der Waals surface area contributed by atoms with Crippen LogP contribution in [0.1, 0.15) is 30.5 Å². The van der Waals surface area contributed by atoms with Gasteiger partial charge in [0.15, 0.2) is 17.5 Å². The normalized spacial score (nSPS) is 15.0. The highest BCUT2D eigenvalue weighted by Gasteiger charge is 2.22. The van der Waals surface area contributed by atoms with Crippen LogP contribution in [0.5, 0.6) is 0 Å². The molecule has 0 aliphatic heterocycles. The standard InChI is InChI=1S/C15H15F3N2/c1-19-15-8-5-3-2-4-6-10(8)20-11-7-9(16)13(17)14(18)12(11)15/h7H,2-6H2,1H3,(H,19,20). The number of benzene rings is 1. The van der Waals surface area contributed by atoms with Gasteiger partial charge in [0.25, 0.3) is 0 Å². The molecular formula is C15H15F3N2. The van der Waals surface area contributed by atoms with Crippen LogP contribution >= 0.6 is 0 Å². The summed E-state index contributed by atoms with van der Waals surface area (Å²) < 4.78 is 40.9. The minimum atomic E-state index is -1.44. The number of fused-ring (bicyclic) bond motifs is 2. The summed E-state index contributed by atoms with van der Waals surface area (Å²) in [5, 5.41) is 2.99. The summed E-state index contributed by atoms with van der Waals surface area (Å²) >= 11 is 0. The second-order valence-electron chi connectivity index (χ2n) is 5.10. The number of nitrogens with one attached hydrogen (secondary N) is 1. The lowest BCUT2D eigenvalue weighted by atomic mass is 10.0. The predicted octanol–water partition coefficient (Wildman–Crippen LogP) is 3.96. The number of pyridine rings is 1. The lowest BCUT2D eigenvalue weighted by Crippen LogP contribution is -2.06. The molecule has 0 saturated heterocycles. The van der Waals surface area contributed by atoms with E-state index in [0.717, 1.165) is 49.4 Å². The number of anilines is 1. The van der Waals surface area contributed by atoms with E-state index in [1.54, 1.807) is 7.05 Å². The highest BCUT2D eigenvalue weighted by molar-refractivity contribution is 5.94. The van der Waals surface area contributed by atoms with Gasteiger partial charge >= 0.3 is 0 Å². The van der Waals surface area contributed by atoms with E-state index in [2.05, 4.69) is 10.3 Å². The highest BCUT2D eigenvalue weighted by Crippen LogP contribution is 2.35. The molecule has 1 N–H and O–H groups in total. The number of nitrogens with zero attached hydrogens (tertiary/aromatic N) is 1. The molecule has 106 valence electrons. The van der Waals surface area contributed by atoms with E-state index in [-0.39, 0.29) is 10.9 Å². The lowest BCUT2D eigenvalue weighted by Gasteiger charge is -2.16. The molecule has 1 aromatic heterocycles. The molecule has 2 aromatic rings. The zero-order valence-corrected chi connectivity index (χ0v) is 11.2. The maximum absolute atomic E-state index is 14.1. The summed E-state index contributed by atoms with van der Waals surface area (Å²) in [5.74, 6) is -3.80. The quantitative estimate of drug-likeness (QED) is 0.631. The van der Waals surface area contributed by atoms with Crippen molar-refractivity contribution in [3.05, 3.63) is 34.8 Å². The number of aryl methyl sites for hydroxylation is 1. The molecule has 0 amide bonds. The van der Waals surface area contributed by atoms with Crippen molar-refractivity contribution in [2.24, 2.45) is 0 Å². The largest absolute Gasteiger partial charge is 0.387 e. The van der Waals surface area contributed by atoms with Crippen LogP contribution in [0.3, 0.4) is 0 Å². The fraction of sp³-hybridized carbons (Fsp3) is 0.400. The topological polar surface area (TPSA) is 24.9 Å². The number of aromatic nitrogens is 1. The summed E-state index contributed by atoms with van der Waals surface area (Å²) in [6.45, 7) is 0. The van der Waals surface area contributed by atoms with Crippen LogP contribution in [-0.4, -0.2) is 12.0 Å². The second kappa shape index (κ2) is 4.96. The van der Waals surface area contributed by atoms with Gasteiger partial charge in [-0.25, -0.2) is 13.2 Å². The molecule has 0 radical (unpaired) electrons. The Kier molecular flexibility index (Phi) is 3.28. The van der Waals surface area contributed by atoms with Gasteiger partial charge in [0, 0.05) is 18.8 Å². The fourth-order valence-electron chi connectivity index (χ4n) is 2.94. The molecule has 0 unspecified atom stereocenters. The Hall–Kier alpha value is -1.78. The maximum Gasteiger partial charge on any atom is 0.195 e. The molecule has 5 heteroatoms. The third-order valence-corrected chi connectivity index (χ3v) is 3.89. The first kappa shape index (κ1) is 13.2. The van der Waals surface area contributed by atoms with Crippen molar-refractivity contribution in [1.29, 1.82) is 0 Å². The summed E-state index contributed by atoms with van der Waals surface area (Å²) in [4.78, 5) is 4.36. The number of halogens is 3. The zero-order chi connectivity index (χ0) is 14.3. The van der Waals surface area contributed by atoms with Crippen LogP contribution in [0.25, 0.3) is 10.9 Å². The van der Waals surface area contributed by atoms with Gasteiger partial charge in [0.05, 0.1) is 16.6 Å². The third-order valence-electron chi connectivity index (χ3n) is 3.89. The van der Waals surface area contributed by atoms with Crippen molar-refractivity contribution in [2.75, 3.05) is 12.4 Å². The average Bonchev–Trinajstić information content (AvgIpc) is 2.68. The molecule has 1 heterocycles. The summed E-state index contributed by atoms with van der Waals surface area (Å²) in [6.07, 6.45) is 4.68. The Morgan fingerprint density at radius 3 is 2.55 bits per heavy atom. The van der Waals surface area contributed by atoms with Crippen LogP contribution in [-0.2, 0) is 12.8 Å². The van der Waals surface area contributed by atoms with Gasteiger partial charge in [0.1, 0.15) is 0 Å². The van der Waals surface area contributed by atoms with Gasteiger partial charge in [0.2, 0.25) is 0 Å². The molecule has 0 spiro atoms.